The van der Waals surface area contributed by atoms with Gasteiger partial charge in [-0.1, -0.05) is 6.92 Å². The van der Waals surface area contributed by atoms with E-state index in [9.17, 15) is 14.4 Å². The molecule has 3 rings (SSSR count). The van der Waals surface area contributed by atoms with Crippen LogP contribution >= 0.6 is 0 Å². The summed E-state index contributed by atoms with van der Waals surface area (Å²) in [6.45, 7) is 3.73. The molecule has 0 bridgehead atoms. The van der Waals surface area contributed by atoms with Crippen molar-refractivity contribution in [1.29, 1.82) is 0 Å². The lowest BCUT2D eigenvalue weighted by Gasteiger charge is -2.30. The fourth-order valence-corrected chi connectivity index (χ4v) is 3.14. The zero-order valence-electron chi connectivity index (χ0n) is 19.3. The van der Waals surface area contributed by atoms with Crippen LogP contribution in [0.4, 0.5) is 11.4 Å². The molecule has 1 heterocycles. The van der Waals surface area contributed by atoms with Crippen LogP contribution in [-0.4, -0.2) is 65.0 Å². The van der Waals surface area contributed by atoms with Gasteiger partial charge in [0.2, 0.25) is 0 Å². The largest absolute Gasteiger partial charge is 0.497 e. The van der Waals surface area contributed by atoms with Crippen LogP contribution in [0.2, 0.25) is 0 Å². The molecule has 0 saturated carbocycles. The summed E-state index contributed by atoms with van der Waals surface area (Å²) in [7, 11) is 1.55. The third kappa shape index (κ3) is 8.46. The summed E-state index contributed by atoms with van der Waals surface area (Å²) in [5, 5.41) is 19.8. The molecular weight excluding hydrogens is 458 g/mol. The number of carbonyl (C=O) groups excluding carboxylic acids is 3. The zero-order chi connectivity index (χ0) is 26.0. The maximum atomic E-state index is 12.6. The van der Waals surface area contributed by atoms with Crippen LogP contribution in [0, 0.1) is 5.92 Å². The van der Waals surface area contributed by atoms with E-state index in [1.807, 2.05) is 4.90 Å². The average molecular weight is 485 g/mol. The number of likely N-dealkylation sites (tertiary alicyclic amines) is 1. The van der Waals surface area contributed by atoms with Crippen LogP contribution in [0.1, 0.15) is 30.1 Å². The van der Waals surface area contributed by atoms with Gasteiger partial charge >= 0.3 is 23.8 Å². The van der Waals surface area contributed by atoms with Crippen molar-refractivity contribution in [1.82, 2.24) is 4.90 Å². The molecule has 1 fully saturated rings. The molecular formula is C24H27N3O8. The molecule has 0 radical (unpaired) electrons. The number of rotatable bonds is 4. The van der Waals surface area contributed by atoms with Gasteiger partial charge in [0.25, 0.3) is 5.91 Å². The number of carbonyl (C=O) groups is 5. The summed E-state index contributed by atoms with van der Waals surface area (Å²) >= 11 is 0. The van der Waals surface area contributed by atoms with Crippen molar-refractivity contribution < 1.29 is 38.9 Å². The van der Waals surface area contributed by atoms with E-state index in [2.05, 4.69) is 17.6 Å². The monoisotopic (exact) mass is 485 g/mol. The molecule has 1 aliphatic heterocycles. The third-order valence-electron chi connectivity index (χ3n) is 5.20. The van der Waals surface area contributed by atoms with Gasteiger partial charge in [0.15, 0.2) is 0 Å². The number of hydrogen-bond acceptors (Lipinski definition) is 6. The number of amides is 3. The second-order valence-corrected chi connectivity index (χ2v) is 7.80. The normalized spacial score (nSPS) is 13.0. The van der Waals surface area contributed by atoms with Gasteiger partial charge in [0.05, 0.1) is 7.11 Å². The highest BCUT2D eigenvalue weighted by Gasteiger charge is 2.21. The number of carboxylic acid groups (broad SMARTS) is 2. The Bertz CT molecular complexity index is 1050. The lowest BCUT2D eigenvalue weighted by atomic mass is 9.98. The van der Waals surface area contributed by atoms with Gasteiger partial charge in [-0.25, -0.2) is 9.59 Å². The number of ether oxygens (including phenoxy) is 1. The van der Waals surface area contributed by atoms with Crippen LogP contribution in [0.25, 0.3) is 0 Å². The maximum absolute atomic E-state index is 12.6. The van der Waals surface area contributed by atoms with Crippen molar-refractivity contribution >= 4 is 41.0 Å². The van der Waals surface area contributed by atoms with E-state index >= 15 is 0 Å². The molecule has 11 heteroatoms. The van der Waals surface area contributed by atoms with Crippen LogP contribution in [0.3, 0.4) is 0 Å². The molecule has 0 unspecified atom stereocenters. The standard InChI is InChI=1S/C22H25N3O4.C2H2O4/c1-15-11-13-25(14-12-15)22(28)16-3-5-17(6-4-16)23-20(26)21(27)24-18-7-9-19(29-2)10-8-18;3-1(4)2(5)6/h3-10,15H,11-14H2,1-2H3,(H,23,26)(H,24,27);(H,3,4)(H,5,6). The number of carboxylic acids is 2. The quantitative estimate of drug-likeness (QED) is 0.480. The molecule has 2 aromatic carbocycles. The van der Waals surface area contributed by atoms with Crippen molar-refractivity contribution in [3.05, 3.63) is 54.1 Å². The van der Waals surface area contributed by atoms with Crippen LogP contribution in [0.5, 0.6) is 5.75 Å². The minimum Gasteiger partial charge on any atom is -0.497 e. The summed E-state index contributed by atoms with van der Waals surface area (Å²) in [5.41, 5.74) is 1.51. The number of aliphatic carboxylic acids is 2. The Morgan fingerprint density at radius 3 is 1.63 bits per heavy atom. The molecule has 0 aromatic heterocycles. The van der Waals surface area contributed by atoms with Gasteiger partial charge in [0, 0.05) is 30.0 Å². The van der Waals surface area contributed by atoms with Crippen LogP contribution < -0.4 is 15.4 Å². The topological polar surface area (TPSA) is 162 Å². The Hall–Kier alpha value is -4.41. The molecule has 4 N–H and O–H groups in total. The van der Waals surface area contributed by atoms with E-state index in [4.69, 9.17) is 24.5 Å². The third-order valence-corrected chi connectivity index (χ3v) is 5.20. The number of anilines is 2. The average Bonchev–Trinajstić information content (AvgIpc) is 2.85. The Balaban J connectivity index is 0.000000641. The predicted molar refractivity (Wildman–Crippen MR) is 126 cm³/mol. The fraction of sp³-hybridized carbons (Fsp3) is 0.292. The Kier molecular flexibility index (Phi) is 9.76. The second kappa shape index (κ2) is 12.7. The first-order chi connectivity index (χ1) is 16.6. The van der Waals surface area contributed by atoms with Gasteiger partial charge < -0.3 is 30.5 Å². The van der Waals surface area contributed by atoms with Gasteiger partial charge in [-0.3, -0.25) is 14.4 Å². The molecule has 11 nitrogen and oxygen atoms in total. The highest BCUT2D eigenvalue weighted by atomic mass is 16.5. The zero-order valence-corrected chi connectivity index (χ0v) is 19.3. The summed E-state index contributed by atoms with van der Waals surface area (Å²) in [4.78, 5) is 56.8. The fourth-order valence-electron chi connectivity index (χ4n) is 3.14. The van der Waals surface area contributed by atoms with Crippen molar-refractivity contribution in [3.8, 4) is 5.75 Å². The molecule has 35 heavy (non-hydrogen) atoms. The summed E-state index contributed by atoms with van der Waals surface area (Å²) in [5.74, 6) is -3.92. The highest BCUT2D eigenvalue weighted by molar-refractivity contribution is 6.43. The first-order valence-electron chi connectivity index (χ1n) is 10.7. The summed E-state index contributed by atoms with van der Waals surface area (Å²) in [6.07, 6.45) is 2.03. The van der Waals surface area contributed by atoms with E-state index in [1.165, 1.54) is 0 Å². The van der Waals surface area contributed by atoms with Crippen molar-refractivity contribution in [2.45, 2.75) is 19.8 Å². The van der Waals surface area contributed by atoms with E-state index in [-0.39, 0.29) is 5.91 Å². The predicted octanol–water partition coefficient (Wildman–Crippen LogP) is 2.30. The second-order valence-electron chi connectivity index (χ2n) is 7.80. The van der Waals surface area contributed by atoms with E-state index in [0.29, 0.717) is 28.6 Å². The van der Waals surface area contributed by atoms with Gasteiger partial charge in [-0.05, 0) is 67.3 Å². The van der Waals surface area contributed by atoms with Gasteiger partial charge in [-0.15, -0.1) is 0 Å². The summed E-state index contributed by atoms with van der Waals surface area (Å²) in [6, 6.07) is 13.2. The number of methoxy groups -OCH3 is 1. The molecule has 1 saturated heterocycles. The SMILES string of the molecule is COc1ccc(NC(=O)C(=O)Nc2ccc(C(=O)N3CCC(C)CC3)cc2)cc1.O=C(O)C(=O)O. The van der Waals surface area contributed by atoms with Crippen LogP contribution in [-0.2, 0) is 19.2 Å². The first-order valence-corrected chi connectivity index (χ1v) is 10.7. The van der Waals surface area contributed by atoms with E-state index in [0.717, 1.165) is 25.9 Å². The molecule has 0 aliphatic carbocycles. The maximum Gasteiger partial charge on any atom is 0.414 e. The highest BCUT2D eigenvalue weighted by Crippen LogP contribution is 2.19. The molecule has 1 aliphatic rings. The van der Waals surface area contributed by atoms with E-state index < -0.39 is 23.8 Å². The smallest absolute Gasteiger partial charge is 0.414 e. The van der Waals surface area contributed by atoms with Gasteiger partial charge in [0.1, 0.15) is 5.75 Å². The first kappa shape index (κ1) is 26.8. The minimum atomic E-state index is -1.82. The molecule has 0 atom stereocenters. The molecule has 0 spiro atoms. The molecule has 2 aromatic rings. The molecule has 3 amide bonds. The lowest BCUT2D eigenvalue weighted by Crippen LogP contribution is -2.37. The van der Waals surface area contributed by atoms with E-state index in [1.54, 1.807) is 55.6 Å². The number of hydrogen-bond donors (Lipinski definition) is 4. The lowest BCUT2D eigenvalue weighted by molar-refractivity contribution is -0.159. The Morgan fingerprint density at radius 1 is 0.800 bits per heavy atom. The summed E-state index contributed by atoms with van der Waals surface area (Å²) < 4.78 is 5.05. The minimum absolute atomic E-state index is 0.00738. The number of nitrogens with one attached hydrogen (secondary N) is 2. The number of nitrogens with zero attached hydrogens (tertiary/aromatic N) is 1. The van der Waals surface area contributed by atoms with Crippen LogP contribution in [0.15, 0.2) is 48.5 Å². The number of piperidine rings is 1. The molecule has 186 valence electrons. The van der Waals surface area contributed by atoms with Crippen molar-refractivity contribution in [2.24, 2.45) is 5.92 Å². The van der Waals surface area contributed by atoms with Crippen molar-refractivity contribution in [2.75, 3.05) is 30.8 Å². The number of benzene rings is 2. The van der Waals surface area contributed by atoms with Gasteiger partial charge in [-0.2, -0.15) is 0 Å². The Labute approximate surface area is 201 Å². The Morgan fingerprint density at radius 2 is 1.23 bits per heavy atom. The van der Waals surface area contributed by atoms with Crippen molar-refractivity contribution in [3.63, 3.8) is 0 Å².